The summed E-state index contributed by atoms with van der Waals surface area (Å²) in [7, 11) is 1.62. The van der Waals surface area contributed by atoms with Crippen molar-refractivity contribution in [2.75, 3.05) is 20.3 Å². The third-order valence-corrected chi connectivity index (χ3v) is 2.96. The maximum absolute atomic E-state index is 10.8. The number of hydrogen-bond acceptors (Lipinski definition) is 5. The van der Waals surface area contributed by atoms with Gasteiger partial charge in [0, 0.05) is 13.0 Å². The quantitative estimate of drug-likeness (QED) is 0.459. The van der Waals surface area contributed by atoms with Crippen molar-refractivity contribution >= 4 is 12.1 Å². The van der Waals surface area contributed by atoms with Gasteiger partial charge in [0.25, 0.3) is 0 Å². The Balaban J connectivity index is 1.79. The van der Waals surface area contributed by atoms with Crippen LogP contribution >= 0.6 is 0 Å². The number of nitrogens with zero attached hydrogens (tertiary/aromatic N) is 1. The number of carbonyl (C=O) groups excluding carboxylic acids is 1. The molecule has 0 bridgehead atoms. The molecular weight excluding hydrogens is 308 g/mol. The van der Waals surface area contributed by atoms with Gasteiger partial charge in [0.2, 0.25) is 5.91 Å². The van der Waals surface area contributed by atoms with E-state index in [1.807, 2.05) is 48.5 Å². The summed E-state index contributed by atoms with van der Waals surface area (Å²) in [5, 5.41) is 3.82. The molecule has 0 radical (unpaired) electrons. The first-order chi connectivity index (χ1) is 11.7. The lowest BCUT2D eigenvalue weighted by molar-refractivity contribution is -0.118. The molecule has 6 heteroatoms. The first kappa shape index (κ1) is 17.3. The van der Waals surface area contributed by atoms with Crippen LogP contribution in [0.2, 0.25) is 0 Å². The molecule has 2 rings (SSSR count). The molecule has 126 valence electrons. The molecule has 0 saturated heterocycles. The summed E-state index contributed by atoms with van der Waals surface area (Å²) in [4.78, 5) is 10.8. The van der Waals surface area contributed by atoms with Gasteiger partial charge in [-0.3, -0.25) is 4.79 Å². The van der Waals surface area contributed by atoms with E-state index in [1.54, 1.807) is 13.3 Å². The SMILES string of the molecule is COc1cccc(OCCOc2cccc(C=NNC(C)=O)c2)c1. The Morgan fingerprint density at radius 2 is 1.67 bits per heavy atom. The van der Waals surface area contributed by atoms with Crippen molar-refractivity contribution in [1.29, 1.82) is 0 Å². The maximum Gasteiger partial charge on any atom is 0.236 e. The molecule has 0 atom stereocenters. The predicted molar refractivity (Wildman–Crippen MR) is 91.8 cm³/mol. The zero-order chi connectivity index (χ0) is 17.2. The molecule has 0 unspecified atom stereocenters. The molecule has 0 saturated carbocycles. The van der Waals surface area contributed by atoms with Gasteiger partial charge < -0.3 is 14.2 Å². The Kier molecular flexibility index (Phi) is 6.64. The van der Waals surface area contributed by atoms with Crippen LogP contribution in [0.3, 0.4) is 0 Å². The summed E-state index contributed by atoms with van der Waals surface area (Å²) in [6, 6.07) is 14.8. The van der Waals surface area contributed by atoms with E-state index in [2.05, 4.69) is 10.5 Å². The molecule has 2 aromatic rings. The average molecular weight is 328 g/mol. The van der Waals surface area contributed by atoms with E-state index < -0.39 is 0 Å². The Morgan fingerprint density at radius 3 is 2.33 bits per heavy atom. The Morgan fingerprint density at radius 1 is 1.04 bits per heavy atom. The Hall–Kier alpha value is -3.02. The second kappa shape index (κ2) is 9.19. The van der Waals surface area contributed by atoms with Gasteiger partial charge in [-0.25, -0.2) is 5.43 Å². The van der Waals surface area contributed by atoms with Crippen LogP contribution < -0.4 is 19.6 Å². The molecule has 0 aliphatic heterocycles. The summed E-state index contributed by atoms with van der Waals surface area (Å²) in [5.41, 5.74) is 3.18. The van der Waals surface area contributed by atoms with Crippen molar-refractivity contribution < 1.29 is 19.0 Å². The minimum atomic E-state index is -0.214. The van der Waals surface area contributed by atoms with Crippen molar-refractivity contribution in [3.05, 3.63) is 54.1 Å². The zero-order valence-electron chi connectivity index (χ0n) is 13.7. The van der Waals surface area contributed by atoms with Gasteiger partial charge in [-0.15, -0.1) is 0 Å². The topological polar surface area (TPSA) is 69.2 Å². The Labute approximate surface area is 141 Å². The second-order valence-corrected chi connectivity index (χ2v) is 4.87. The van der Waals surface area contributed by atoms with E-state index in [-0.39, 0.29) is 5.91 Å². The van der Waals surface area contributed by atoms with E-state index in [1.165, 1.54) is 6.92 Å². The summed E-state index contributed by atoms with van der Waals surface area (Å²) < 4.78 is 16.4. The molecule has 2 aromatic carbocycles. The third kappa shape index (κ3) is 6.00. The smallest absolute Gasteiger partial charge is 0.236 e. The van der Waals surface area contributed by atoms with Crippen molar-refractivity contribution in [1.82, 2.24) is 5.43 Å². The van der Waals surface area contributed by atoms with Crippen LogP contribution in [0.1, 0.15) is 12.5 Å². The molecule has 0 aliphatic carbocycles. The lowest BCUT2D eigenvalue weighted by atomic mass is 10.2. The number of hydrazone groups is 1. The number of rotatable bonds is 8. The van der Waals surface area contributed by atoms with Crippen LogP contribution in [-0.4, -0.2) is 32.4 Å². The summed E-state index contributed by atoms with van der Waals surface area (Å²) in [5.74, 6) is 1.97. The minimum Gasteiger partial charge on any atom is -0.497 e. The first-order valence-electron chi connectivity index (χ1n) is 7.47. The molecule has 0 aromatic heterocycles. The number of hydrogen-bond donors (Lipinski definition) is 1. The van der Waals surface area contributed by atoms with E-state index in [9.17, 15) is 4.79 Å². The third-order valence-electron chi connectivity index (χ3n) is 2.96. The number of ether oxygens (including phenoxy) is 3. The fourth-order valence-electron chi connectivity index (χ4n) is 1.89. The van der Waals surface area contributed by atoms with Crippen molar-refractivity contribution in [3.63, 3.8) is 0 Å². The molecule has 6 nitrogen and oxygen atoms in total. The predicted octanol–water partition coefficient (Wildman–Crippen LogP) is 2.62. The Bertz CT molecular complexity index is 701. The van der Waals surface area contributed by atoms with Crippen molar-refractivity contribution in [2.24, 2.45) is 5.10 Å². The number of nitrogens with one attached hydrogen (secondary N) is 1. The van der Waals surface area contributed by atoms with Gasteiger partial charge in [-0.2, -0.15) is 5.10 Å². The van der Waals surface area contributed by atoms with E-state index in [0.717, 1.165) is 17.1 Å². The monoisotopic (exact) mass is 328 g/mol. The van der Waals surface area contributed by atoms with Crippen LogP contribution in [0.25, 0.3) is 0 Å². The average Bonchev–Trinajstić information content (AvgIpc) is 2.59. The van der Waals surface area contributed by atoms with Gasteiger partial charge in [0.05, 0.1) is 13.3 Å². The van der Waals surface area contributed by atoms with E-state index in [4.69, 9.17) is 14.2 Å². The van der Waals surface area contributed by atoms with Gasteiger partial charge in [-0.05, 0) is 29.8 Å². The summed E-state index contributed by atoms with van der Waals surface area (Å²) >= 11 is 0. The molecule has 24 heavy (non-hydrogen) atoms. The normalized spacial score (nSPS) is 10.4. The molecule has 0 spiro atoms. The minimum absolute atomic E-state index is 0.214. The number of benzene rings is 2. The van der Waals surface area contributed by atoms with Crippen LogP contribution in [0.15, 0.2) is 53.6 Å². The summed E-state index contributed by atoms with van der Waals surface area (Å²) in [6.45, 7) is 2.22. The fraction of sp³-hybridized carbons (Fsp3) is 0.222. The highest BCUT2D eigenvalue weighted by molar-refractivity contribution is 5.82. The lowest BCUT2D eigenvalue weighted by Gasteiger charge is -2.09. The highest BCUT2D eigenvalue weighted by Gasteiger charge is 1.99. The van der Waals surface area contributed by atoms with Gasteiger partial charge >= 0.3 is 0 Å². The van der Waals surface area contributed by atoms with Gasteiger partial charge in [0.1, 0.15) is 30.5 Å². The van der Waals surface area contributed by atoms with Crippen LogP contribution in [0.4, 0.5) is 0 Å². The fourth-order valence-corrected chi connectivity index (χ4v) is 1.89. The highest BCUT2D eigenvalue weighted by Crippen LogP contribution is 2.18. The van der Waals surface area contributed by atoms with Gasteiger partial charge in [-0.1, -0.05) is 18.2 Å². The maximum atomic E-state index is 10.8. The number of carbonyl (C=O) groups is 1. The lowest BCUT2D eigenvalue weighted by Crippen LogP contribution is -2.12. The van der Waals surface area contributed by atoms with Crippen LogP contribution in [0, 0.1) is 0 Å². The molecular formula is C18H20N2O4. The number of methoxy groups -OCH3 is 1. The van der Waals surface area contributed by atoms with E-state index in [0.29, 0.717) is 19.0 Å². The molecule has 1 N–H and O–H groups in total. The molecule has 0 aliphatic rings. The molecule has 0 heterocycles. The first-order valence-corrected chi connectivity index (χ1v) is 7.47. The van der Waals surface area contributed by atoms with E-state index >= 15 is 0 Å². The standard InChI is InChI=1S/C18H20N2O4/c1-14(21)20-19-13-15-5-3-7-17(11-15)23-9-10-24-18-8-4-6-16(12-18)22-2/h3-8,11-13H,9-10H2,1-2H3,(H,20,21). The molecule has 1 amide bonds. The summed E-state index contributed by atoms with van der Waals surface area (Å²) in [6.07, 6.45) is 1.56. The highest BCUT2D eigenvalue weighted by atomic mass is 16.5. The zero-order valence-corrected chi connectivity index (χ0v) is 13.7. The largest absolute Gasteiger partial charge is 0.497 e. The second-order valence-electron chi connectivity index (χ2n) is 4.87. The van der Waals surface area contributed by atoms with Gasteiger partial charge in [0.15, 0.2) is 0 Å². The van der Waals surface area contributed by atoms with Crippen molar-refractivity contribution in [2.45, 2.75) is 6.92 Å². The van der Waals surface area contributed by atoms with Crippen molar-refractivity contribution in [3.8, 4) is 17.2 Å². The van der Waals surface area contributed by atoms with Crippen LogP contribution in [-0.2, 0) is 4.79 Å². The molecule has 0 fully saturated rings. The number of amides is 1. The van der Waals surface area contributed by atoms with Crippen LogP contribution in [0.5, 0.6) is 17.2 Å².